The summed E-state index contributed by atoms with van der Waals surface area (Å²) in [5.41, 5.74) is 0.593. The average molecular weight is 412 g/mol. The van der Waals surface area contributed by atoms with E-state index in [0.29, 0.717) is 41.8 Å². The summed E-state index contributed by atoms with van der Waals surface area (Å²) in [5, 5.41) is 0.897. The van der Waals surface area contributed by atoms with E-state index in [-0.39, 0.29) is 49.4 Å². The van der Waals surface area contributed by atoms with E-state index in [9.17, 15) is 19.2 Å². The molecule has 9 heteroatoms. The highest BCUT2D eigenvalue weighted by Gasteiger charge is 2.33. The Labute approximate surface area is 166 Å². The van der Waals surface area contributed by atoms with Gasteiger partial charge < -0.3 is 9.80 Å². The quantitative estimate of drug-likeness (QED) is 0.700. The minimum atomic E-state index is -0.307. The Morgan fingerprint density at radius 1 is 0.852 bits per heavy atom. The monoisotopic (exact) mass is 411 g/mol. The molecule has 0 spiro atoms. The first kappa shape index (κ1) is 19.6. The molecule has 0 aliphatic carbocycles. The third-order valence-corrected chi connectivity index (χ3v) is 5.53. The van der Waals surface area contributed by atoms with Crippen LogP contribution in [0.1, 0.15) is 18.4 Å². The Hall–Kier alpha value is -2.12. The minimum Gasteiger partial charge on any atom is -0.339 e. The molecule has 0 bridgehead atoms. The van der Waals surface area contributed by atoms with Gasteiger partial charge in [0.25, 0.3) is 0 Å². The normalized spacial score (nSPS) is 17.6. The van der Waals surface area contributed by atoms with Gasteiger partial charge in [0.05, 0.1) is 6.42 Å². The molecule has 7 nitrogen and oxygen atoms in total. The van der Waals surface area contributed by atoms with Crippen LogP contribution in [0, 0.1) is 0 Å². The molecule has 0 unspecified atom stereocenters. The van der Waals surface area contributed by atoms with Crippen molar-refractivity contribution in [2.45, 2.75) is 19.3 Å². The zero-order chi connectivity index (χ0) is 19.6. The Bertz CT molecular complexity index is 755. The second kappa shape index (κ2) is 8.27. The van der Waals surface area contributed by atoms with Gasteiger partial charge in [-0.1, -0.05) is 29.3 Å². The average Bonchev–Trinajstić information content (AvgIpc) is 2.96. The Balaban J connectivity index is 1.52. The molecule has 0 radical (unpaired) electrons. The third-order valence-electron chi connectivity index (χ3n) is 4.82. The molecular weight excluding hydrogens is 393 g/mol. The standard InChI is InChI=1S/C18H19Cl2N3O4/c19-13-2-1-3-14(20)12(13)10-17(26)21-6-8-22(9-7-21)18(27)11-23-15(24)4-5-16(23)25/h1-3H,4-11H2. The van der Waals surface area contributed by atoms with Gasteiger partial charge in [0.1, 0.15) is 6.54 Å². The smallest absolute Gasteiger partial charge is 0.242 e. The molecule has 2 saturated heterocycles. The number of benzene rings is 1. The van der Waals surface area contributed by atoms with Crippen LogP contribution in [0.4, 0.5) is 0 Å². The molecule has 2 aliphatic rings. The highest BCUT2D eigenvalue weighted by Crippen LogP contribution is 2.25. The number of imide groups is 1. The summed E-state index contributed by atoms with van der Waals surface area (Å²) >= 11 is 12.2. The van der Waals surface area contributed by atoms with E-state index in [2.05, 4.69) is 0 Å². The maximum Gasteiger partial charge on any atom is 0.242 e. The van der Waals surface area contributed by atoms with Crippen LogP contribution in [0.15, 0.2) is 18.2 Å². The van der Waals surface area contributed by atoms with Crippen LogP contribution < -0.4 is 0 Å². The first-order valence-corrected chi connectivity index (χ1v) is 9.44. The van der Waals surface area contributed by atoms with Crippen LogP contribution in [0.25, 0.3) is 0 Å². The van der Waals surface area contributed by atoms with Gasteiger partial charge in [0.15, 0.2) is 0 Å². The number of halogens is 2. The van der Waals surface area contributed by atoms with E-state index in [1.807, 2.05) is 0 Å². The first-order chi connectivity index (χ1) is 12.9. The zero-order valence-electron chi connectivity index (χ0n) is 14.6. The molecule has 1 aromatic carbocycles. The lowest BCUT2D eigenvalue weighted by molar-refractivity contribution is -0.147. The second-order valence-corrected chi connectivity index (χ2v) is 7.33. The number of hydrogen-bond acceptors (Lipinski definition) is 4. The van der Waals surface area contributed by atoms with Gasteiger partial charge in [-0.2, -0.15) is 0 Å². The summed E-state index contributed by atoms with van der Waals surface area (Å²) in [6, 6.07) is 5.10. The van der Waals surface area contributed by atoms with Crippen molar-refractivity contribution < 1.29 is 19.2 Å². The number of nitrogens with zero attached hydrogens (tertiary/aromatic N) is 3. The summed E-state index contributed by atoms with van der Waals surface area (Å²) in [6.45, 7) is 1.26. The van der Waals surface area contributed by atoms with Crippen LogP contribution in [0.3, 0.4) is 0 Å². The zero-order valence-corrected chi connectivity index (χ0v) is 16.1. The SMILES string of the molecule is O=C(Cc1c(Cl)cccc1Cl)N1CCN(C(=O)CN2C(=O)CCC2=O)CC1. The maximum atomic E-state index is 12.5. The molecule has 27 heavy (non-hydrogen) atoms. The number of rotatable bonds is 4. The van der Waals surface area contributed by atoms with Gasteiger partial charge in [-0.25, -0.2) is 0 Å². The fraction of sp³-hybridized carbons (Fsp3) is 0.444. The van der Waals surface area contributed by atoms with E-state index in [1.54, 1.807) is 28.0 Å². The minimum absolute atomic E-state index is 0.100. The molecule has 4 amide bonds. The molecular formula is C18H19Cl2N3O4. The highest BCUT2D eigenvalue weighted by atomic mass is 35.5. The van der Waals surface area contributed by atoms with Crippen molar-refractivity contribution in [3.05, 3.63) is 33.8 Å². The van der Waals surface area contributed by atoms with Crippen molar-refractivity contribution in [2.75, 3.05) is 32.7 Å². The van der Waals surface area contributed by atoms with Crippen LogP contribution in [-0.2, 0) is 25.6 Å². The summed E-state index contributed by atoms with van der Waals surface area (Å²) < 4.78 is 0. The molecule has 0 atom stereocenters. The van der Waals surface area contributed by atoms with Crippen LogP contribution in [0.5, 0.6) is 0 Å². The van der Waals surface area contributed by atoms with E-state index >= 15 is 0 Å². The van der Waals surface area contributed by atoms with Crippen molar-refractivity contribution in [3.8, 4) is 0 Å². The molecule has 2 fully saturated rings. The van der Waals surface area contributed by atoms with Crippen molar-refractivity contribution in [1.29, 1.82) is 0 Å². The second-order valence-electron chi connectivity index (χ2n) is 6.51. The molecule has 0 N–H and O–H groups in total. The van der Waals surface area contributed by atoms with Crippen molar-refractivity contribution in [3.63, 3.8) is 0 Å². The van der Waals surface area contributed by atoms with Crippen LogP contribution in [-0.4, -0.2) is 71.1 Å². The van der Waals surface area contributed by atoms with E-state index < -0.39 is 0 Å². The first-order valence-electron chi connectivity index (χ1n) is 8.68. The van der Waals surface area contributed by atoms with Crippen molar-refractivity contribution in [2.24, 2.45) is 0 Å². The van der Waals surface area contributed by atoms with Crippen molar-refractivity contribution in [1.82, 2.24) is 14.7 Å². The van der Waals surface area contributed by atoms with E-state index in [1.165, 1.54) is 0 Å². The molecule has 144 valence electrons. The number of carbonyl (C=O) groups excluding carboxylic acids is 4. The number of hydrogen-bond donors (Lipinski definition) is 0. The summed E-state index contributed by atoms with van der Waals surface area (Å²) in [5.74, 6) is -1.00. The van der Waals surface area contributed by atoms with Crippen LogP contribution in [0.2, 0.25) is 10.0 Å². The van der Waals surface area contributed by atoms with Gasteiger partial charge in [0.2, 0.25) is 23.6 Å². The topological polar surface area (TPSA) is 78.0 Å². The predicted molar refractivity (Wildman–Crippen MR) is 99.3 cm³/mol. The summed E-state index contributed by atoms with van der Waals surface area (Å²) in [7, 11) is 0. The van der Waals surface area contributed by atoms with Gasteiger partial charge in [0, 0.05) is 49.1 Å². The van der Waals surface area contributed by atoms with E-state index in [0.717, 1.165) is 4.90 Å². The number of likely N-dealkylation sites (tertiary alicyclic amines) is 1. The summed E-state index contributed by atoms with van der Waals surface area (Å²) in [6.07, 6.45) is 0.432. The molecule has 0 saturated carbocycles. The fourth-order valence-corrected chi connectivity index (χ4v) is 3.74. The highest BCUT2D eigenvalue weighted by molar-refractivity contribution is 6.36. The Kier molecular flexibility index (Phi) is 6.01. The van der Waals surface area contributed by atoms with Gasteiger partial charge >= 0.3 is 0 Å². The van der Waals surface area contributed by atoms with Crippen LogP contribution >= 0.6 is 23.2 Å². The lowest BCUT2D eigenvalue weighted by Crippen LogP contribution is -2.53. The molecule has 0 aromatic heterocycles. The van der Waals surface area contributed by atoms with Gasteiger partial charge in [-0.15, -0.1) is 0 Å². The molecule has 2 heterocycles. The summed E-state index contributed by atoms with van der Waals surface area (Å²) in [4.78, 5) is 52.4. The Morgan fingerprint density at radius 3 is 1.85 bits per heavy atom. The fourth-order valence-electron chi connectivity index (χ4n) is 3.20. The lowest BCUT2D eigenvalue weighted by atomic mass is 10.1. The number of amides is 4. The maximum absolute atomic E-state index is 12.5. The third kappa shape index (κ3) is 4.42. The molecule has 1 aromatic rings. The largest absolute Gasteiger partial charge is 0.339 e. The number of piperazine rings is 1. The number of carbonyl (C=O) groups is 4. The predicted octanol–water partition coefficient (Wildman–Crippen LogP) is 1.36. The molecule has 3 rings (SSSR count). The molecule has 2 aliphatic heterocycles. The van der Waals surface area contributed by atoms with Gasteiger partial charge in [-0.3, -0.25) is 24.1 Å². The lowest BCUT2D eigenvalue weighted by Gasteiger charge is -2.35. The van der Waals surface area contributed by atoms with Gasteiger partial charge in [-0.05, 0) is 17.7 Å². The van der Waals surface area contributed by atoms with Crippen molar-refractivity contribution >= 4 is 46.8 Å². The van der Waals surface area contributed by atoms with E-state index in [4.69, 9.17) is 23.2 Å². The Morgan fingerprint density at radius 2 is 1.33 bits per heavy atom.